The summed E-state index contributed by atoms with van der Waals surface area (Å²) in [6, 6.07) is 5.69. The van der Waals surface area contributed by atoms with Gasteiger partial charge in [0.05, 0.1) is 4.92 Å². The van der Waals surface area contributed by atoms with Gasteiger partial charge in [-0.1, -0.05) is 12.1 Å². The second-order valence-electron chi connectivity index (χ2n) is 4.09. The smallest absolute Gasteiger partial charge is 0.323 e. The summed E-state index contributed by atoms with van der Waals surface area (Å²) >= 11 is 0. The average molecular weight is 302 g/mol. The van der Waals surface area contributed by atoms with Crippen molar-refractivity contribution >= 4 is 21.7 Å². The number of aliphatic carboxylic acids is 1. The molecule has 1 aromatic carbocycles. The highest BCUT2D eigenvalue weighted by Gasteiger charge is 2.26. The number of rotatable bonds is 7. The molecule has 0 spiro atoms. The maximum absolute atomic E-state index is 11.5. The van der Waals surface area contributed by atoms with E-state index in [0.29, 0.717) is 12.0 Å². The van der Waals surface area contributed by atoms with E-state index in [1.807, 2.05) is 0 Å². The number of carbonyl (C=O) groups is 1. The molecule has 0 saturated heterocycles. The van der Waals surface area contributed by atoms with E-state index in [0.717, 1.165) is 6.92 Å². The Hall–Kier alpha value is -2.00. The minimum Gasteiger partial charge on any atom is -0.480 e. The van der Waals surface area contributed by atoms with Gasteiger partial charge in [0.1, 0.15) is 0 Å². The molecule has 1 rings (SSSR count). The zero-order valence-corrected chi connectivity index (χ0v) is 11.5. The SMILES string of the molecule is CC(C(=O)O)S(=O)(=O)NCCc1ccc([N+](=O)[O-])cc1. The predicted molar refractivity (Wildman–Crippen MR) is 70.8 cm³/mol. The lowest BCUT2D eigenvalue weighted by Gasteiger charge is -2.09. The second kappa shape index (κ2) is 6.44. The maximum Gasteiger partial charge on any atom is 0.323 e. The van der Waals surface area contributed by atoms with Crippen LogP contribution in [0.3, 0.4) is 0 Å². The summed E-state index contributed by atoms with van der Waals surface area (Å²) in [4.78, 5) is 20.5. The third kappa shape index (κ3) is 4.28. The van der Waals surface area contributed by atoms with Crippen LogP contribution in [0.5, 0.6) is 0 Å². The molecule has 8 nitrogen and oxygen atoms in total. The van der Waals surface area contributed by atoms with Crippen molar-refractivity contribution in [3.05, 3.63) is 39.9 Å². The quantitative estimate of drug-likeness (QED) is 0.558. The van der Waals surface area contributed by atoms with Gasteiger partial charge in [0.25, 0.3) is 5.69 Å². The molecule has 110 valence electrons. The monoisotopic (exact) mass is 302 g/mol. The molecule has 2 N–H and O–H groups in total. The minimum atomic E-state index is -3.91. The van der Waals surface area contributed by atoms with Gasteiger partial charge in [-0.3, -0.25) is 14.9 Å². The number of sulfonamides is 1. The Morgan fingerprint density at radius 3 is 2.40 bits per heavy atom. The number of nitro benzene ring substituents is 1. The van der Waals surface area contributed by atoms with Gasteiger partial charge in [-0.25, -0.2) is 13.1 Å². The van der Waals surface area contributed by atoms with Crippen LogP contribution in [-0.2, 0) is 21.2 Å². The summed E-state index contributed by atoms with van der Waals surface area (Å²) in [6.07, 6.45) is 0.309. The molecule has 0 radical (unpaired) electrons. The fourth-order valence-electron chi connectivity index (χ4n) is 1.38. The van der Waals surface area contributed by atoms with Crippen LogP contribution in [-0.4, -0.2) is 36.2 Å². The molecule has 1 unspecified atom stereocenters. The lowest BCUT2D eigenvalue weighted by Crippen LogP contribution is -2.38. The Morgan fingerprint density at radius 1 is 1.40 bits per heavy atom. The zero-order valence-electron chi connectivity index (χ0n) is 10.6. The van der Waals surface area contributed by atoms with Crippen LogP contribution in [0.4, 0.5) is 5.69 Å². The Morgan fingerprint density at radius 2 is 1.95 bits per heavy atom. The molecule has 0 aliphatic heterocycles. The molecule has 0 fully saturated rings. The fourth-order valence-corrected chi connectivity index (χ4v) is 2.28. The molecule has 0 aromatic heterocycles. The molecule has 0 saturated carbocycles. The summed E-state index contributed by atoms with van der Waals surface area (Å²) < 4.78 is 25.2. The molecule has 0 amide bonds. The van der Waals surface area contributed by atoms with Crippen molar-refractivity contribution in [2.75, 3.05) is 6.54 Å². The van der Waals surface area contributed by atoms with Gasteiger partial charge >= 0.3 is 5.97 Å². The standard InChI is InChI=1S/C11H14N2O6S/c1-8(11(14)15)20(18,19)12-7-6-9-2-4-10(5-3-9)13(16)17/h2-5,8,12H,6-7H2,1H3,(H,14,15). The number of benzene rings is 1. The molecule has 0 heterocycles. The van der Waals surface area contributed by atoms with Crippen molar-refractivity contribution < 1.29 is 23.2 Å². The van der Waals surface area contributed by atoms with Gasteiger partial charge in [-0.2, -0.15) is 0 Å². The van der Waals surface area contributed by atoms with Crippen LogP contribution in [0.15, 0.2) is 24.3 Å². The first-order valence-corrected chi connectivity index (χ1v) is 7.23. The van der Waals surface area contributed by atoms with Gasteiger partial charge in [-0.15, -0.1) is 0 Å². The largest absolute Gasteiger partial charge is 0.480 e. The zero-order chi connectivity index (χ0) is 15.3. The van der Waals surface area contributed by atoms with Crippen LogP contribution in [0.2, 0.25) is 0 Å². The lowest BCUT2D eigenvalue weighted by atomic mass is 10.1. The van der Waals surface area contributed by atoms with Crippen molar-refractivity contribution in [3.63, 3.8) is 0 Å². The first-order chi connectivity index (χ1) is 9.24. The number of non-ortho nitro benzene ring substituents is 1. The van der Waals surface area contributed by atoms with E-state index in [1.54, 1.807) is 0 Å². The summed E-state index contributed by atoms with van der Waals surface area (Å²) in [6.45, 7) is 1.11. The third-order valence-electron chi connectivity index (χ3n) is 2.68. The summed E-state index contributed by atoms with van der Waals surface area (Å²) in [7, 11) is -3.91. The van der Waals surface area contributed by atoms with Crippen LogP contribution in [0, 0.1) is 10.1 Å². The van der Waals surface area contributed by atoms with E-state index < -0.39 is 26.2 Å². The minimum absolute atomic E-state index is 0.0256. The molecule has 0 aliphatic rings. The highest BCUT2D eigenvalue weighted by Crippen LogP contribution is 2.12. The maximum atomic E-state index is 11.5. The first-order valence-electron chi connectivity index (χ1n) is 5.68. The van der Waals surface area contributed by atoms with E-state index >= 15 is 0 Å². The van der Waals surface area contributed by atoms with Gasteiger partial charge in [0, 0.05) is 18.7 Å². The first kappa shape index (κ1) is 16.1. The van der Waals surface area contributed by atoms with Crippen molar-refractivity contribution in [1.29, 1.82) is 0 Å². The summed E-state index contributed by atoms with van der Waals surface area (Å²) in [5, 5.41) is 17.6. The Bertz CT molecular complexity index is 596. The van der Waals surface area contributed by atoms with E-state index in [4.69, 9.17) is 5.11 Å². The number of nitro groups is 1. The Kier molecular flexibility index (Phi) is 5.17. The van der Waals surface area contributed by atoms with E-state index in [1.165, 1.54) is 24.3 Å². The topological polar surface area (TPSA) is 127 Å². The van der Waals surface area contributed by atoms with Crippen molar-refractivity contribution in [3.8, 4) is 0 Å². The molecular weight excluding hydrogens is 288 g/mol. The van der Waals surface area contributed by atoms with Crippen molar-refractivity contribution in [2.24, 2.45) is 0 Å². The Labute approximate surface area is 115 Å². The predicted octanol–water partition coefficient (Wildman–Crippen LogP) is 0.530. The Balaban J connectivity index is 2.56. The van der Waals surface area contributed by atoms with E-state index in [-0.39, 0.29) is 12.2 Å². The van der Waals surface area contributed by atoms with E-state index in [9.17, 15) is 23.3 Å². The molecule has 1 aromatic rings. The molecular formula is C11H14N2O6S. The summed E-state index contributed by atoms with van der Waals surface area (Å²) in [5.74, 6) is -1.42. The number of nitrogens with zero attached hydrogens (tertiary/aromatic N) is 1. The molecule has 0 aliphatic carbocycles. The van der Waals surface area contributed by atoms with E-state index in [2.05, 4.69) is 4.72 Å². The van der Waals surface area contributed by atoms with Gasteiger partial charge in [0.15, 0.2) is 5.25 Å². The van der Waals surface area contributed by atoms with Crippen LogP contribution in [0.1, 0.15) is 12.5 Å². The van der Waals surface area contributed by atoms with Crippen LogP contribution >= 0.6 is 0 Å². The lowest BCUT2D eigenvalue weighted by molar-refractivity contribution is -0.384. The van der Waals surface area contributed by atoms with Gasteiger partial charge in [0.2, 0.25) is 10.0 Å². The van der Waals surface area contributed by atoms with Gasteiger partial charge in [-0.05, 0) is 18.9 Å². The van der Waals surface area contributed by atoms with Gasteiger partial charge < -0.3 is 5.11 Å². The number of carboxylic acid groups (broad SMARTS) is 1. The number of carboxylic acids is 1. The molecule has 1 atom stereocenters. The molecule has 20 heavy (non-hydrogen) atoms. The average Bonchev–Trinajstić information content (AvgIpc) is 2.38. The van der Waals surface area contributed by atoms with Crippen LogP contribution in [0.25, 0.3) is 0 Å². The normalized spacial score (nSPS) is 12.8. The highest BCUT2D eigenvalue weighted by atomic mass is 32.2. The highest BCUT2D eigenvalue weighted by molar-refractivity contribution is 7.90. The van der Waals surface area contributed by atoms with Crippen molar-refractivity contribution in [2.45, 2.75) is 18.6 Å². The third-order valence-corrected chi connectivity index (χ3v) is 4.42. The fraction of sp³-hybridized carbons (Fsp3) is 0.364. The number of hydrogen-bond acceptors (Lipinski definition) is 5. The number of hydrogen-bond donors (Lipinski definition) is 2. The number of nitrogens with one attached hydrogen (secondary N) is 1. The molecule has 9 heteroatoms. The second-order valence-corrected chi connectivity index (χ2v) is 6.18. The van der Waals surface area contributed by atoms with Crippen LogP contribution < -0.4 is 4.72 Å². The summed E-state index contributed by atoms with van der Waals surface area (Å²) in [5.41, 5.74) is 0.662. The van der Waals surface area contributed by atoms with Crippen molar-refractivity contribution in [1.82, 2.24) is 4.72 Å². The molecule has 0 bridgehead atoms.